The van der Waals surface area contributed by atoms with Crippen LogP contribution in [0.1, 0.15) is 47.0 Å². The maximum atomic E-state index is 11.9. The number of alkyl halides is 1. The quantitative estimate of drug-likeness (QED) is 0.828. The van der Waals surface area contributed by atoms with Crippen molar-refractivity contribution < 1.29 is 13.9 Å². The molecule has 1 fully saturated rings. The summed E-state index contributed by atoms with van der Waals surface area (Å²) in [5.41, 5.74) is 0.444. The summed E-state index contributed by atoms with van der Waals surface area (Å²) in [7, 11) is 0. The number of nitrogens with one attached hydrogen (secondary N) is 1. The molecule has 1 saturated carbocycles. The van der Waals surface area contributed by atoms with Gasteiger partial charge >= 0.3 is 6.09 Å². The highest BCUT2D eigenvalue weighted by molar-refractivity contribution is 5.67. The molecule has 0 aromatic rings. The number of carbonyl (C=O) groups excluding carboxylic acids is 1. The number of halogens is 1. The fourth-order valence-corrected chi connectivity index (χ4v) is 3.29. The minimum absolute atomic E-state index is 0.126. The highest BCUT2D eigenvalue weighted by Crippen LogP contribution is 2.45. The van der Waals surface area contributed by atoms with Gasteiger partial charge in [0, 0.05) is 6.04 Å². The molecule has 0 saturated heterocycles. The number of carbonyl (C=O) groups is 1. The van der Waals surface area contributed by atoms with E-state index >= 15 is 0 Å². The van der Waals surface area contributed by atoms with Gasteiger partial charge in [0.15, 0.2) is 0 Å². The molecule has 3 nitrogen and oxygen atoms in total. The van der Waals surface area contributed by atoms with Crippen LogP contribution >= 0.6 is 0 Å². The molecule has 0 heterocycles. The van der Waals surface area contributed by atoms with Crippen molar-refractivity contribution in [2.24, 2.45) is 10.8 Å². The topological polar surface area (TPSA) is 38.3 Å². The summed E-state index contributed by atoms with van der Waals surface area (Å²) in [5.74, 6) is 0. The number of hydrogen-bond donors (Lipinski definition) is 1. The third kappa shape index (κ3) is 4.92. The molecule has 0 aromatic carbocycles. The Morgan fingerprint density at radius 3 is 2.29 bits per heavy atom. The van der Waals surface area contributed by atoms with Gasteiger partial charge in [-0.3, -0.25) is 0 Å². The van der Waals surface area contributed by atoms with Crippen molar-refractivity contribution in [1.29, 1.82) is 0 Å². The fraction of sp³-hybridized carbons (Fsp3) is 0.923. The monoisotopic (exact) mass is 245 g/mol. The lowest BCUT2D eigenvalue weighted by Gasteiger charge is -2.44. The normalized spacial score (nSPS) is 23.1. The second kappa shape index (κ2) is 5.23. The number of alkyl carbamates (subject to hydrolysis) is 1. The van der Waals surface area contributed by atoms with E-state index in [1.807, 2.05) is 0 Å². The summed E-state index contributed by atoms with van der Waals surface area (Å²) < 4.78 is 16.6. The van der Waals surface area contributed by atoms with Crippen molar-refractivity contribution in [2.45, 2.75) is 53.0 Å². The summed E-state index contributed by atoms with van der Waals surface area (Å²) in [4.78, 5) is 11.4. The van der Waals surface area contributed by atoms with E-state index in [1.54, 1.807) is 0 Å². The van der Waals surface area contributed by atoms with Crippen molar-refractivity contribution in [3.8, 4) is 0 Å². The first-order valence-electron chi connectivity index (χ1n) is 6.23. The third-order valence-corrected chi connectivity index (χ3v) is 3.19. The van der Waals surface area contributed by atoms with Crippen LogP contribution < -0.4 is 5.32 Å². The van der Waals surface area contributed by atoms with Crippen molar-refractivity contribution in [1.82, 2.24) is 5.32 Å². The maximum absolute atomic E-state index is 11.9. The molecule has 1 N–H and O–H groups in total. The molecule has 17 heavy (non-hydrogen) atoms. The Labute approximate surface area is 103 Å². The summed E-state index contributed by atoms with van der Waals surface area (Å²) in [5, 5.41) is 2.84. The van der Waals surface area contributed by atoms with Crippen LogP contribution in [0.3, 0.4) is 0 Å². The minimum atomic E-state index is -0.630. The molecule has 1 amide bonds. The van der Waals surface area contributed by atoms with E-state index in [1.165, 1.54) is 0 Å². The van der Waals surface area contributed by atoms with Gasteiger partial charge in [-0.15, -0.1) is 0 Å². The average molecular weight is 245 g/mol. The lowest BCUT2D eigenvalue weighted by molar-refractivity contribution is 0.0762. The molecular weight excluding hydrogens is 221 g/mol. The zero-order valence-electron chi connectivity index (χ0n) is 11.3. The SMILES string of the molecule is CC1(C)CC(NC(=O)OCCF)CC(C)(C)C1. The molecule has 1 rings (SSSR count). The Morgan fingerprint density at radius 2 is 1.82 bits per heavy atom. The van der Waals surface area contributed by atoms with E-state index < -0.39 is 12.8 Å². The van der Waals surface area contributed by atoms with Gasteiger partial charge in [-0.25, -0.2) is 9.18 Å². The van der Waals surface area contributed by atoms with Crippen LogP contribution in [-0.2, 0) is 4.74 Å². The van der Waals surface area contributed by atoms with Gasteiger partial charge < -0.3 is 10.1 Å². The molecule has 0 bridgehead atoms. The van der Waals surface area contributed by atoms with Gasteiger partial charge in [0.05, 0.1) is 0 Å². The maximum Gasteiger partial charge on any atom is 0.407 e. The lowest BCUT2D eigenvalue weighted by Crippen LogP contribution is -2.46. The zero-order valence-corrected chi connectivity index (χ0v) is 11.3. The Balaban J connectivity index is 2.51. The molecule has 100 valence electrons. The van der Waals surface area contributed by atoms with E-state index in [9.17, 15) is 9.18 Å². The smallest absolute Gasteiger partial charge is 0.407 e. The number of rotatable bonds is 3. The summed E-state index contributed by atoms with van der Waals surface area (Å²) in [6.45, 7) is 8.08. The Hall–Kier alpha value is -0.800. The number of amides is 1. The predicted molar refractivity (Wildman–Crippen MR) is 65.7 cm³/mol. The second-order valence-electron chi connectivity index (χ2n) is 6.58. The van der Waals surface area contributed by atoms with Crippen LogP contribution in [0.15, 0.2) is 0 Å². The second-order valence-corrected chi connectivity index (χ2v) is 6.58. The molecule has 0 radical (unpaired) electrons. The van der Waals surface area contributed by atoms with Crippen molar-refractivity contribution in [3.05, 3.63) is 0 Å². The number of ether oxygens (including phenoxy) is 1. The average Bonchev–Trinajstić information content (AvgIpc) is 2.09. The molecule has 0 spiro atoms. The Bertz CT molecular complexity index is 261. The van der Waals surface area contributed by atoms with E-state index in [-0.39, 0.29) is 23.5 Å². The highest BCUT2D eigenvalue weighted by atomic mass is 19.1. The van der Waals surface area contributed by atoms with Gasteiger partial charge in [-0.1, -0.05) is 27.7 Å². The van der Waals surface area contributed by atoms with E-state index in [2.05, 4.69) is 33.0 Å². The van der Waals surface area contributed by atoms with E-state index in [0.29, 0.717) is 0 Å². The molecule has 1 aliphatic carbocycles. The largest absolute Gasteiger partial charge is 0.447 e. The van der Waals surface area contributed by atoms with Crippen LogP contribution in [0.5, 0.6) is 0 Å². The molecular formula is C13H24FNO2. The van der Waals surface area contributed by atoms with Gasteiger partial charge in [0.25, 0.3) is 0 Å². The van der Waals surface area contributed by atoms with E-state index in [0.717, 1.165) is 19.3 Å². The first-order valence-corrected chi connectivity index (χ1v) is 6.23. The molecule has 1 aliphatic rings. The van der Waals surface area contributed by atoms with Gasteiger partial charge in [0.2, 0.25) is 0 Å². The first kappa shape index (κ1) is 14.3. The van der Waals surface area contributed by atoms with Gasteiger partial charge in [-0.2, -0.15) is 0 Å². The van der Waals surface area contributed by atoms with Crippen LogP contribution in [0, 0.1) is 10.8 Å². The molecule has 0 atom stereocenters. The summed E-state index contributed by atoms with van der Waals surface area (Å²) in [6, 6.07) is 0.126. The van der Waals surface area contributed by atoms with Crippen molar-refractivity contribution in [3.63, 3.8) is 0 Å². The molecule has 4 heteroatoms. The Kier molecular flexibility index (Phi) is 4.39. The summed E-state index contributed by atoms with van der Waals surface area (Å²) >= 11 is 0. The fourth-order valence-electron chi connectivity index (χ4n) is 3.29. The van der Waals surface area contributed by atoms with Crippen LogP contribution in [0.2, 0.25) is 0 Å². The zero-order chi connectivity index (χ0) is 13.1. The predicted octanol–water partition coefficient (Wildman–Crippen LogP) is 3.29. The Morgan fingerprint density at radius 1 is 1.29 bits per heavy atom. The standard InChI is InChI=1S/C13H24FNO2/c1-12(2)7-10(8-13(3,4)9-12)15-11(16)17-6-5-14/h10H,5-9H2,1-4H3,(H,15,16). The van der Waals surface area contributed by atoms with Crippen LogP contribution in [-0.4, -0.2) is 25.4 Å². The third-order valence-electron chi connectivity index (χ3n) is 3.19. The van der Waals surface area contributed by atoms with Crippen molar-refractivity contribution >= 4 is 6.09 Å². The molecule has 0 aliphatic heterocycles. The lowest BCUT2D eigenvalue weighted by atomic mass is 9.63. The number of hydrogen-bond acceptors (Lipinski definition) is 2. The first-order chi connectivity index (χ1) is 7.74. The van der Waals surface area contributed by atoms with Crippen LogP contribution in [0.25, 0.3) is 0 Å². The molecule has 0 aromatic heterocycles. The van der Waals surface area contributed by atoms with E-state index in [4.69, 9.17) is 4.74 Å². The van der Waals surface area contributed by atoms with Crippen molar-refractivity contribution in [2.75, 3.05) is 13.3 Å². The summed E-state index contributed by atoms with van der Waals surface area (Å²) in [6.07, 6.45) is 2.54. The van der Waals surface area contributed by atoms with Crippen LogP contribution in [0.4, 0.5) is 9.18 Å². The highest BCUT2D eigenvalue weighted by Gasteiger charge is 2.39. The molecule has 0 unspecified atom stereocenters. The van der Waals surface area contributed by atoms with Gasteiger partial charge in [-0.05, 0) is 30.1 Å². The van der Waals surface area contributed by atoms with Gasteiger partial charge in [0.1, 0.15) is 13.3 Å². The minimum Gasteiger partial charge on any atom is -0.447 e.